The van der Waals surface area contributed by atoms with Gasteiger partial charge in [-0.2, -0.15) is 0 Å². The van der Waals surface area contributed by atoms with Gasteiger partial charge in [0.2, 0.25) is 0 Å². The maximum Gasteiger partial charge on any atom is 0.164 e. The van der Waals surface area contributed by atoms with Crippen LogP contribution in [0.2, 0.25) is 0 Å². The van der Waals surface area contributed by atoms with E-state index in [1.165, 1.54) is 0 Å². The average Bonchev–Trinajstić information content (AvgIpc) is 2.53. The van der Waals surface area contributed by atoms with Crippen LogP contribution in [0.4, 0.5) is 0 Å². The fraction of sp³-hybridized carbons (Fsp3) is 0.818. The Morgan fingerprint density at radius 1 is 1.50 bits per heavy atom. The third kappa shape index (κ3) is 3.54. The van der Waals surface area contributed by atoms with Crippen LogP contribution >= 0.6 is 0 Å². The van der Waals surface area contributed by atoms with Crippen LogP contribution < -0.4 is 0 Å². The number of rotatable bonds is 6. The van der Waals surface area contributed by atoms with E-state index in [1.807, 2.05) is 0 Å². The quantitative estimate of drug-likeness (QED) is 0.501. The molecule has 0 aromatic rings. The molecule has 0 aromatic heterocycles. The van der Waals surface area contributed by atoms with E-state index >= 15 is 0 Å². The maximum absolute atomic E-state index is 9.59. The molecule has 0 aromatic carbocycles. The van der Waals surface area contributed by atoms with Crippen molar-refractivity contribution in [2.24, 2.45) is 0 Å². The Bertz CT molecular complexity index is 228. The number of aliphatic hydroxyl groups excluding tert-OH is 2. The molecule has 1 saturated heterocycles. The molecule has 0 radical (unpaired) electrons. The summed E-state index contributed by atoms with van der Waals surface area (Å²) >= 11 is 0. The lowest BCUT2D eigenvalue weighted by Crippen LogP contribution is -2.40. The van der Waals surface area contributed by atoms with Crippen molar-refractivity contribution in [3.8, 4) is 0 Å². The summed E-state index contributed by atoms with van der Waals surface area (Å²) in [4.78, 5) is 0. The first kappa shape index (κ1) is 13.6. The van der Waals surface area contributed by atoms with Gasteiger partial charge in [-0.05, 0) is 13.8 Å². The maximum atomic E-state index is 9.59. The standard InChI is InChI=1S/C11H20O5/c1-4-5-14-7-9-10(8(13)6-12)16-11(2,3)15-9/h4,8-10,12-13H,1,5-7H2,2-3H3/t8-,9-,10-/m1/s1. The van der Waals surface area contributed by atoms with Crippen molar-refractivity contribution in [3.63, 3.8) is 0 Å². The number of aliphatic hydroxyl groups is 2. The van der Waals surface area contributed by atoms with Gasteiger partial charge in [0.15, 0.2) is 5.79 Å². The predicted molar refractivity (Wildman–Crippen MR) is 57.9 cm³/mol. The van der Waals surface area contributed by atoms with Crippen LogP contribution in [0.1, 0.15) is 13.8 Å². The van der Waals surface area contributed by atoms with Crippen molar-refractivity contribution in [1.82, 2.24) is 0 Å². The van der Waals surface area contributed by atoms with Crippen LogP contribution in [-0.4, -0.2) is 54.1 Å². The summed E-state index contributed by atoms with van der Waals surface area (Å²) in [5.41, 5.74) is 0. The first-order chi connectivity index (χ1) is 7.50. The predicted octanol–water partition coefficient (Wildman–Crippen LogP) is 0.0623. The van der Waals surface area contributed by atoms with Gasteiger partial charge in [0.1, 0.15) is 18.3 Å². The monoisotopic (exact) mass is 232 g/mol. The molecular weight excluding hydrogens is 212 g/mol. The molecule has 5 heteroatoms. The van der Waals surface area contributed by atoms with Crippen molar-refractivity contribution in [1.29, 1.82) is 0 Å². The van der Waals surface area contributed by atoms with Gasteiger partial charge in [-0.15, -0.1) is 6.58 Å². The van der Waals surface area contributed by atoms with Gasteiger partial charge in [0, 0.05) is 0 Å². The molecule has 1 aliphatic heterocycles. The Hall–Kier alpha value is -0.460. The Kier molecular flexibility index (Phi) is 4.89. The Morgan fingerprint density at radius 2 is 2.19 bits per heavy atom. The van der Waals surface area contributed by atoms with Crippen molar-refractivity contribution in [3.05, 3.63) is 12.7 Å². The molecule has 1 fully saturated rings. The van der Waals surface area contributed by atoms with E-state index in [-0.39, 0.29) is 12.7 Å². The van der Waals surface area contributed by atoms with E-state index < -0.39 is 18.0 Å². The van der Waals surface area contributed by atoms with Gasteiger partial charge in [-0.25, -0.2) is 0 Å². The molecule has 1 aliphatic rings. The lowest BCUT2D eigenvalue weighted by molar-refractivity contribution is -0.159. The normalized spacial score (nSPS) is 30.2. The van der Waals surface area contributed by atoms with E-state index in [2.05, 4.69) is 6.58 Å². The zero-order valence-electron chi connectivity index (χ0n) is 9.76. The van der Waals surface area contributed by atoms with Crippen LogP contribution in [0, 0.1) is 0 Å². The molecule has 0 unspecified atom stereocenters. The summed E-state index contributed by atoms with van der Waals surface area (Å²) in [6.07, 6.45) is -0.265. The van der Waals surface area contributed by atoms with Gasteiger partial charge >= 0.3 is 0 Å². The van der Waals surface area contributed by atoms with Crippen LogP contribution in [0.25, 0.3) is 0 Å². The third-order valence-corrected chi connectivity index (χ3v) is 2.31. The third-order valence-electron chi connectivity index (χ3n) is 2.31. The molecule has 94 valence electrons. The highest BCUT2D eigenvalue weighted by Crippen LogP contribution is 2.30. The van der Waals surface area contributed by atoms with E-state index in [0.29, 0.717) is 13.2 Å². The van der Waals surface area contributed by atoms with Crippen LogP contribution in [0.5, 0.6) is 0 Å². The molecule has 0 aliphatic carbocycles. The highest BCUT2D eigenvalue weighted by atomic mass is 16.8. The second kappa shape index (κ2) is 5.75. The summed E-state index contributed by atoms with van der Waals surface area (Å²) in [6, 6.07) is 0. The lowest BCUT2D eigenvalue weighted by Gasteiger charge is -2.20. The van der Waals surface area contributed by atoms with Crippen molar-refractivity contribution < 1.29 is 24.4 Å². The molecule has 0 spiro atoms. The molecular formula is C11H20O5. The average molecular weight is 232 g/mol. The van der Waals surface area contributed by atoms with Gasteiger partial charge in [0.05, 0.1) is 19.8 Å². The number of hydrogen-bond acceptors (Lipinski definition) is 5. The zero-order valence-corrected chi connectivity index (χ0v) is 9.76. The number of hydrogen-bond donors (Lipinski definition) is 2. The molecule has 0 bridgehead atoms. The summed E-state index contributed by atoms with van der Waals surface area (Å²) in [6.45, 7) is 7.42. The first-order valence-corrected chi connectivity index (χ1v) is 5.33. The first-order valence-electron chi connectivity index (χ1n) is 5.33. The summed E-state index contributed by atoms with van der Waals surface area (Å²) in [5.74, 6) is -0.761. The molecule has 3 atom stereocenters. The van der Waals surface area contributed by atoms with Gasteiger partial charge in [0.25, 0.3) is 0 Å². The van der Waals surface area contributed by atoms with Gasteiger partial charge < -0.3 is 24.4 Å². The number of ether oxygens (including phenoxy) is 3. The fourth-order valence-electron chi connectivity index (χ4n) is 1.69. The molecule has 0 saturated carbocycles. The lowest BCUT2D eigenvalue weighted by atomic mass is 10.1. The minimum Gasteiger partial charge on any atom is -0.394 e. The molecule has 2 N–H and O–H groups in total. The highest BCUT2D eigenvalue weighted by molar-refractivity contribution is 4.86. The van der Waals surface area contributed by atoms with E-state index in [9.17, 15) is 5.11 Å². The fourth-order valence-corrected chi connectivity index (χ4v) is 1.69. The van der Waals surface area contributed by atoms with Crippen LogP contribution in [0.15, 0.2) is 12.7 Å². The van der Waals surface area contributed by atoms with Crippen molar-refractivity contribution in [2.45, 2.75) is 37.9 Å². The molecule has 0 amide bonds. The van der Waals surface area contributed by atoms with Gasteiger partial charge in [-0.3, -0.25) is 0 Å². The second-order valence-corrected chi connectivity index (χ2v) is 4.21. The minimum atomic E-state index is -0.959. The molecule has 1 rings (SSSR count). The van der Waals surface area contributed by atoms with E-state index in [1.54, 1.807) is 19.9 Å². The van der Waals surface area contributed by atoms with E-state index in [0.717, 1.165) is 0 Å². The minimum absolute atomic E-state index is 0.303. The molecule has 5 nitrogen and oxygen atoms in total. The van der Waals surface area contributed by atoms with Crippen molar-refractivity contribution >= 4 is 0 Å². The topological polar surface area (TPSA) is 68.2 Å². The Labute approximate surface area is 95.6 Å². The summed E-state index contributed by atoms with van der Waals surface area (Å²) in [5, 5.41) is 18.5. The van der Waals surface area contributed by atoms with Crippen LogP contribution in [0.3, 0.4) is 0 Å². The van der Waals surface area contributed by atoms with Crippen molar-refractivity contribution in [2.75, 3.05) is 19.8 Å². The Morgan fingerprint density at radius 3 is 2.75 bits per heavy atom. The second-order valence-electron chi connectivity index (χ2n) is 4.21. The molecule has 1 heterocycles. The highest BCUT2D eigenvalue weighted by Gasteiger charge is 2.44. The summed E-state index contributed by atoms with van der Waals surface area (Å²) < 4.78 is 16.4. The Balaban J connectivity index is 2.53. The van der Waals surface area contributed by atoms with Crippen LogP contribution in [-0.2, 0) is 14.2 Å². The summed E-state index contributed by atoms with van der Waals surface area (Å²) in [7, 11) is 0. The SMILES string of the molecule is C=CCOC[C@H]1OC(C)(C)O[C@@H]1[C@H](O)CO. The zero-order chi connectivity index (χ0) is 12.2. The van der Waals surface area contributed by atoms with Gasteiger partial charge in [-0.1, -0.05) is 6.08 Å². The largest absolute Gasteiger partial charge is 0.394 e. The van der Waals surface area contributed by atoms with E-state index in [4.69, 9.17) is 19.3 Å². The molecule has 16 heavy (non-hydrogen) atoms. The smallest absolute Gasteiger partial charge is 0.164 e.